The summed E-state index contributed by atoms with van der Waals surface area (Å²) in [6.45, 7) is 0.824. The second-order valence-corrected chi connectivity index (χ2v) is 11.7. The second kappa shape index (κ2) is 6.73. The van der Waals surface area contributed by atoms with Crippen LogP contribution in [-0.4, -0.2) is 28.0 Å². The minimum atomic E-state index is -3.98. The van der Waals surface area contributed by atoms with Crippen LogP contribution in [0.5, 0.6) is 5.75 Å². The molecule has 1 aliphatic heterocycles. The van der Waals surface area contributed by atoms with Crippen molar-refractivity contribution < 1.29 is 17.9 Å². The number of carbonyl (C=O) groups excluding carboxylic acids is 1. The first-order valence-electron chi connectivity index (χ1n) is 11.5. The molecule has 0 radical (unpaired) electrons. The molecular weight excluding hydrogens is 424 g/mol. The van der Waals surface area contributed by atoms with E-state index in [2.05, 4.69) is 22.2 Å². The Morgan fingerprint density at radius 3 is 2.59 bits per heavy atom. The average molecular weight is 453 g/mol. The van der Waals surface area contributed by atoms with Gasteiger partial charge < -0.3 is 10.1 Å². The summed E-state index contributed by atoms with van der Waals surface area (Å²) in [5.41, 5.74) is 3.10. The summed E-state index contributed by atoms with van der Waals surface area (Å²) in [5, 5.41) is 3.25. The van der Waals surface area contributed by atoms with E-state index in [9.17, 15) is 13.2 Å². The van der Waals surface area contributed by atoms with E-state index in [4.69, 9.17) is 4.74 Å². The molecule has 0 atom stereocenters. The smallest absolute Gasteiger partial charge is 0.264 e. The first-order valence-corrected chi connectivity index (χ1v) is 13.0. The van der Waals surface area contributed by atoms with Crippen LogP contribution in [0.2, 0.25) is 0 Å². The van der Waals surface area contributed by atoms with Crippen LogP contribution in [-0.2, 0) is 32.1 Å². The highest BCUT2D eigenvalue weighted by molar-refractivity contribution is 7.90. The molecule has 7 heteroatoms. The maximum absolute atomic E-state index is 13.4. The SMILES string of the molecule is COc1ccc(C23CC(C2)C3)cc1C1(C(=O)NS(=O)(=O)c2cccc3c2CCCN3)CC1. The maximum atomic E-state index is 13.4. The zero-order valence-electron chi connectivity index (χ0n) is 18.2. The molecule has 0 unspecified atom stereocenters. The molecule has 7 rings (SSSR count). The van der Waals surface area contributed by atoms with Crippen LogP contribution >= 0.6 is 0 Å². The Bertz CT molecular complexity index is 1220. The lowest BCUT2D eigenvalue weighted by molar-refractivity contribution is -0.121. The number of ether oxygens (including phenoxy) is 1. The zero-order chi connectivity index (χ0) is 22.1. The van der Waals surface area contributed by atoms with Crippen LogP contribution in [0.3, 0.4) is 0 Å². The molecule has 32 heavy (non-hydrogen) atoms. The van der Waals surface area contributed by atoms with Gasteiger partial charge in [-0.1, -0.05) is 18.2 Å². The van der Waals surface area contributed by atoms with Gasteiger partial charge in [0.2, 0.25) is 5.91 Å². The van der Waals surface area contributed by atoms with Gasteiger partial charge >= 0.3 is 0 Å². The normalized spacial score (nSPS) is 26.6. The Morgan fingerprint density at radius 1 is 1.16 bits per heavy atom. The number of methoxy groups -OCH3 is 1. The molecule has 2 aromatic rings. The number of carbonyl (C=O) groups is 1. The van der Waals surface area contributed by atoms with Crippen LogP contribution in [0, 0.1) is 5.92 Å². The number of amides is 1. The fourth-order valence-electron chi connectivity index (χ4n) is 5.99. The van der Waals surface area contributed by atoms with E-state index in [-0.39, 0.29) is 10.3 Å². The number of rotatable bonds is 6. The number of anilines is 1. The third-order valence-electron chi connectivity index (χ3n) is 8.12. The van der Waals surface area contributed by atoms with Gasteiger partial charge in [0, 0.05) is 17.8 Å². The summed E-state index contributed by atoms with van der Waals surface area (Å²) < 4.78 is 34.6. The van der Waals surface area contributed by atoms with Crippen molar-refractivity contribution in [3.63, 3.8) is 0 Å². The van der Waals surface area contributed by atoms with Gasteiger partial charge in [0.1, 0.15) is 5.75 Å². The monoisotopic (exact) mass is 452 g/mol. The van der Waals surface area contributed by atoms with E-state index in [0.717, 1.165) is 35.7 Å². The van der Waals surface area contributed by atoms with Gasteiger partial charge in [-0.15, -0.1) is 0 Å². The topological polar surface area (TPSA) is 84.5 Å². The number of benzene rings is 2. The fraction of sp³-hybridized carbons (Fsp3) is 0.480. The van der Waals surface area contributed by atoms with E-state index in [1.165, 1.54) is 24.8 Å². The summed E-state index contributed by atoms with van der Waals surface area (Å²) in [5.74, 6) is 1.06. The first kappa shape index (κ1) is 20.1. The minimum absolute atomic E-state index is 0.195. The largest absolute Gasteiger partial charge is 0.496 e. The summed E-state index contributed by atoms with van der Waals surface area (Å²) in [4.78, 5) is 13.6. The van der Waals surface area contributed by atoms with Gasteiger partial charge in [-0.25, -0.2) is 13.1 Å². The second-order valence-electron chi connectivity index (χ2n) is 10.0. The van der Waals surface area contributed by atoms with Crippen molar-refractivity contribution in [2.24, 2.45) is 5.92 Å². The van der Waals surface area contributed by atoms with E-state index < -0.39 is 21.3 Å². The fourth-order valence-corrected chi connectivity index (χ4v) is 7.33. The number of nitrogens with one attached hydrogen (secondary N) is 2. The molecule has 0 aromatic heterocycles. The summed E-state index contributed by atoms with van der Waals surface area (Å²) in [6.07, 6.45) is 6.46. The lowest BCUT2D eigenvalue weighted by Gasteiger charge is -2.62. The molecule has 2 aromatic carbocycles. The Labute approximate surface area is 188 Å². The molecule has 4 aliphatic carbocycles. The van der Waals surface area contributed by atoms with Crippen LogP contribution in [0.15, 0.2) is 41.3 Å². The number of hydrogen-bond donors (Lipinski definition) is 2. The minimum Gasteiger partial charge on any atom is -0.496 e. The van der Waals surface area contributed by atoms with Crippen molar-refractivity contribution in [2.45, 2.75) is 60.7 Å². The molecule has 1 amide bonds. The lowest BCUT2D eigenvalue weighted by Crippen LogP contribution is -2.55. The lowest BCUT2D eigenvalue weighted by atomic mass is 9.42. The molecule has 0 spiro atoms. The predicted octanol–water partition coefficient (Wildman–Crippen LogP) is 3.64. The van der Waals surface area contributed by atoms with Crippen molar-refractivity contribution in [3.05, 3.63) is 53.1 Å². The molecule has 4 saturated carbocycles. The van der Waals surface area contributed by atoms with Crippen LogP contribution in [0.1, 0.15) is 55.2 Å². The highest BCUT2D eigenvalue weighted by Crippen LogP contribution is 2.66. The van der Waals surface area contributed by atoms with Crippen molar-refractivity contribution in [1.29, 1.82) is 0 Å². The van der Waals surface area contributed by atoms with E-state index in [1.54, 1.807) is 19.2 Å². The molecular formula is C25H28N2O4S. The summed E-state index contributed by atoms with van der Waals surface area (Å²) >= 11 is 0. The van der Waals surface area contributed by atoms with Gasteiger partial charge in [-0.3, -0.25) is 4.79 Å². The van der Waals surface area contributed by atoms with Crippen molar-refractivity contribution in [1.82, 2.24) is 4.72 Å². The Morgan fingerprint density at radius 2 is 1.94 bits per heavy atom. The third kappa shape index (κ3) is 2.83. The highest BCUT2D eigenvalue weighted by Gasteiger charge is 2.59. The first-order chi connectivity index (χ1) is 15.4. The third-order valence-corrected chi connectivity index (χ3v) is 9.53. The molecule has 0 saturated heterocycles. The van der Waals surface area contributed by atoms with Crippen LogP contribution in [0.4, 0.5) is 5.69 Å². The molecule has 2 bridgehead atoms. The zero-order valence-corrected chi connectivity index (χ0v) is 19.1. The van der Waals surface area contributed by atoms with E-state index in [0.29, 0.717) is 25.0 Å². The van der Waals surface area contributed by atoms with Gasteiger partial charge in [0.15, 0.2) is 0 Å². The molecule has 1 heterocycles. The van der Waals surface area contributed by atoms with E-state index in [1.807, 2.05) is 12.1 Å². The number of fused-ring (bicyclic) bond motifs is 1. The average Bonchev–Trinajstić information content (AvgIpc) is 3.53. The van der Waals surface area contributed by atoms with Gasteiger partial charge in [0.05, 0.1) is 17.4 Å². The highest BCUT2D eigenvalue weighted by atomic mass is 32.2. The van der Waals surface area contributed by atoms with E-state index >= 15 is 0 Å². The van der Waals surface area contributed by atoms with Crippen molar-refractivity contribution >= 4 is 21.6 Å². The molecule has 5 aliphatic rings. The van der Waals surface area contributed by atoms with Crippen LogP contribution in [0.25, 0.3) is 0 Å². The van der Waals surface area contributed by atoms with Gasteiger partial charge in [0.25, 0.3) is 10.0 Å². The standard InChI is InChI=1S/C25H28N2O4S/c1-31-21-8-7-17(24-13-16(14-24)15-24)12-19(21)25(9-10-25)23(28)27-32(29,30)22-6-2-5-20-18(22)4-3-11-26-20/h2,5-8,12,16,26H,3-4,9-11,13-15H2,1H3,(H,27,28). The van der Waals surface area contributed by atoms with Gasteiger partial charge in [-0.05, 0) is 85.6 Å². The molecule has 2 N–H and O–H groups in total. The van der Waals surface area contributed by atoms with Crippen LogP contribution < -0.4 is 14.8 Å². The number of sulfonamides is 1. The molecule has 168 valence electrons. The summed E-state index contributed by atoms with van der Waals surface area (Å²) in [6, 6.07) is 11.4. The predicted molar refractivity (Wildman–Crippen MR) is 122 cm³/mol. The molecule has 4 fully saturated rings. The Kier molecular flexibility index (Phi) is 4.23. The Balaban J connectivity index is 1.32. The van der Waals surface area contributed by atoms with Crippen molar-refractivity contribution in [2.75, 3.05) is 19.0 Å². The quantitative estimate of drug-likeness (QED) is 0.699. The maximum Gasteiger partial charge on any atom is 0.264 e. The number of hydrogen-bond acceptors (Lipinski definition) is 5. The molecule has 6 nitrogen and oxygen atoms in total. The van der Waals surface area contributed by atoms with Crippen molar-refractivity contribution in [3.8, 4) is 5.75 Å². The van der Waals surface area contributed by atoms with Gasteiger partial charge in [-0.2, -0.15) is 0 Å². The Hall–Kier alpha value is -2.54. The summed E-state index contributed by atoms with van der Waals surface area (Å²) in [7, 11) is -2.37.